The van der Waals surface area contributed by atoms with E-state index in [-0.39, 0.29) is 31.1 Å². The summed E-state index contributed by atoms with van der Waals surface area (Å²) in [4.78, 5) is 38.2. The van der Waals surface area contributed by atoms with Gasteiger partial charge in [0.2, 0.25) is 0 Å². The number of ether oxygens (including phenoxy) is 3. The van der Waals surface area contributed by atoms with Crippen molar-refractivity contribution < 1.29 is 28.6 Å². The lowest BCUT2D eigenvalue weighted by atomic mass is 10.1. The van der Waals surface area contributed by atoms with Gasteiger partial charge in [0.05, 0.1) is 0 Å². The molecule has 0 aromatic rings. The number of rotatable bonds is 50. The molecule has 0 bridgehead atoms. The summed E-state index contributed by atoms with van der Waals surface area (Å²) in [6.45, 7) is 6.25. The van der Waals surface area contributed by atoms with Crippen LogP contribution in [0.1, 0.15) is 239 Å². The fourth-order valence-electron chi connectivity index (χ4n) is 7.44. The highest BCUT2D eigenvalue weighted by Crippen LogP contribution is 2.14. The summed E-state index contributed by atoms with van der Waals surface area (Å²) in [6.07, 6.45) is 81.5. The second-order valence-electron chi connectivity index (χ2n) is 18.4. The molecule has 0 aromatic heterocycles. The molecule has 1 unspecified atom stereocenters. The van der Waals surface area contributed by atoms with Crippen molar-refractivity contribution in [1.82, 2.24) is 0 Å². The van der Waals surface area contributed by atoms with Crippen LogP contribution >= 0.6 is 0 Å². The molecule has 0 aliphatic carbocycles. The number of carbonyl (C=O) groups excluding carboxylic acids is 3. The maximum atomic E-state index is 12.9. The normalized spacial score (nSPS) is 13.1. The standard InChI is InChI=1S/C65H104O6/c1-4-7-10-13-16-19-22-25-27-29-31-32-34-35-37-40-43-46-49-52-55-58-64(67)70-61-62(60-69-63(66)57-54-51-48-45-42-39-24-21-18-15-12-9-6-3)71-65(68)59-56-53-50-47-44-41-38-36-33-30-28-26-23-20-17-14-11-8-5-2/h7-12,16-21,25-28,31-33,36,39,42,62H,4-6,13-15,22-24,29-30,34-35,37-38,40-41,43-61H2,1-3H3/b10-7-,11-8-,12-9-,19-16-,20-17-,21-18-,27-25-,28-26-,32-31-,36-33-,42-39-. The second-order valence-corrected chi connectivity index (χ2v) is 18.4. The molecule has 0 aliphatic heterocycles. The van der Waals surface area contributed by atoms with Gasteiger partial charge in [-0.25, -0.2) is 0 Å². The van der Waals surface area contributed by atoms with E-state index in [4.69, 9.17) is 14.2 Å². The lowest BCUT2D eigenvalue weighted by Crippen LogP contribution is -2.30. The number of hydrogen-bond donors (Lipinski definition) is 0. The van der Waals surface area contributed by atoms with Gasteiger partial charge in [0.1, 0.15) is 13.2 Å². The summed E-state index contributed by atoms with van der Waals surface area (Å²) < 4.78 is 16.8. The molecule has 0 aromatic carbocycles. The minimum atomic E-state index is -0.807. The number of unbranched alkanes of at least 4 members (excludes halogenated alkanes) is 17. The smallest absolute Gasteiger partial charge is 0.306 e. The van der Waals surface area contributed by atoms with Crippen molar-refractivity contribution in [3.63, 3.8) is 0 Å². The maximum absolute atomic E-state index is 12.9. The molecule has 6 heteroatoms. The topological polar surface area (TPSA) is 78.9 Å². The molecule has 0 amide bonds. The van der Waals surface area contributed by atoms with Gasteiger partial charge >= 0.3 is 17.9 Å². The number of hydrogen-bond acceptors (Lipinski definition) is 6. The summed E-state index contributed by atoms with van der Waals surface area (Å²) in [5.74, 6) is -0.958. The van der Waals surface area contributed by atoms with E-state index in [9.17, 15) is 14.4 Å². The molecule has 0 saturated carbocycles. The third-order valence-electron chi connectivity index (χ3n) is 11.6. The first-order valence-electron chi connectivity index (χ1n) is 28.7. The van der Waals surface area contributed by atoms with E-state index in [1.807, 2.05) is 0 Å². The van der Waals surface area contributed by atoms with Crippen LogP contribution in [0.2, 0.25) is 0 Å². The third-order valence-corrected chi connectivity index (χ3v) is 11.6. The first kappa shape index (κ1) is 66.6. The van der Waals surface area contributed by atoms with E-state index in [2.05, 4.69) is 154 Å². The van der Waals surface area contributed by atoms with E-state index >= 15 is 0 Å². The monoisotopic (exact) mass is 981 g/mol. The number of carbonyl (C=O) groups is 3. The van der Waals surface area contributed by atoms with Crippen molar-refractivity contribution in [1.29, 1.82) is 0 Å². The molecule has 1 atom stereocenters. The summed E-state index contributed by atoms with van der Waals surface area (Å²) in [5, 5.41) is 0. The van der Waals surface area contributed by atoms with Crippen LogP contribution in [-0.2, 0) is 28.6 Å². The van der Waals surface area contributed by atoms with Crippen LogP contribution in [0.25, 0.3) is 0 Å². The predicted molar refractivity (Wildman–Crippen MR) is 306 cm³/mol. The molecule has 0 heterocycles. The average molecular weight is 982 g/mol. The van der Waals surface area contributed by atoms with Crippen LogP contribution in [0, 0.1) is 0 Å². The Kier molecular flexibility index (Phi) is 54.5. The fourth-order valence-corrected chi connectivity index (χ4v) is 7.44. The summed E-state index contributed by atoms with van der Waals surface area (Å²) in [6, 6.07) is 0. The first-order chi connectivity index (χ1) is 35.0. The maximum Gasteiger partial charge on any atom is 0.306 e. The van der Waals surface area contributed by atoms with Gasteiger partial charge in [-0.05, 0) is 128 Å². The summed E-state index contributed by atoms with van der Waals surface area (Å²) >= 11 is 0. The van der Waals surface area contributed by atoms with Crippen LogP contribution < -0.4 is 0 Å². The molecule has 0 N–H and O–H groups in total. The van der Waals surface area contributed by atoms with Crippen molar-refractivity contribution >= 4 is 17.9 Å². The zero-order valence-corrected chi connectivity index (χ0v) is 45.7. The van der Waals surface area contributed by atoms with Gasteiger partial charge in [0.25, 0.3) is 0 Å². The third kappa shape index (κ3) is 56.3. The minimum Gasteiger partial charge on any atom is -0.462 e. The highest BCUT2D eigenvalue weighted by atomic mass is 16.6. The second kappa shape index (κ2) is 58.1. The van der Waals surface area contributed by atoms with E-state index in [0.29, 0.717) is 19.3 Å². The Morgan fingerprint density at radius 2 is 0.507 bits per heavy atom. The highest BCUT2D eigenvalue weighted by molar-refractivity contribution is 5.71. The highest BCUT2D eigenvalue weighted by Gasteiger charge is 2.19. The van der Waals surface area contributed by atoms with Crippen LogP contribution in [0.15, 0.2) is 134 Å². The summed E-state index contributed by atoms with van der Waals surface area (Å²) in [7, 11) is 0. The zero-order chi connectivity index (χ0) is 51.4. The predicted octanol–water partition coefficient (Wildman–Crippen LogP) is 19.4. The lowest BCUT2D eigenvalue weighted by Gasteiger charge is -2.18. The van der Waals surface area contributed by atoms with Crippen molar-refractivity contribution in [2.75, 3.05) is 13.2 Å². The van der Waals surface area contributed by atoms with Crippen LogP contribution in [0.5, 0.6) is 0 Å². The van der Waals surface area contributed by atoms with Gasteiger partial charge in [-0.3, -0.25) is 14.4 Å². The Bertz CT molecular complexity index is 1550. The van der Waals surface area contributed by atoms with Crippen LogP contribution in [0.4, 0.5) is 0 Å². The Balaban J connectivity index is 4.45. The minimum absolute atomic E-state index is 0.102. The molecule has 0 saturated heterocycles. The van der Waals surface area contributed by atoms with Gasteiger partial charge in [0, 0.05) is 19.3 Å². The van der Waals surface area contributed by atoms with Crippen LogP contribution in [0.3, 0.4) is 0 Å². The molecular weight excluding hydrogens is 877 g/mol. The molecule has 0 aliphatic rings. The Labute approximate surface area is 436 Å². The Morgan fingerprint density at radius 3 is 0.803 bits per heavy atom. The Hall–Kier alpha value is -4.45. The van der Waals surface area contributed by atoms with Gasteiger partial charge in [-0.2, -0.15) is 0 Å². The molecule has 6 nitrogen and oxygen atoms in total. The largest absolute Gasteiger partial charge is 0.462 e. The SMILES string of the molecule is CC/C=C\C/C=C\C/C=C\C/C=C\CCCCCCCCCCC(=O)OCC(COC(=O)CCCCC/C=C\C/C=C\C/C=C\CC)OC(=O)CCCCCCCC/C=C\C/C=C\C/C=C\C/C=C\CC. The van der Waals surface area contributed by atoms with Crippen LogP contribution in [-0.4, -0.2) is 37.2 Å². The van der Waals surface area contributed by atoms with E-state index in [1.54, 1.807) is 0 Å². The molecule has 0 rings (SSSR count). The van der Waals surface area contributed by atoms with E-state index in [0.717, 1.165) is 154 Å². The summed E-state index contributed by atoms with van der Waals surface area (Å²) in [5.41, 5.74) is 0. The Morgan fingerprint density at radius 1 is 0.282 bits per heavy atom. The first-order valence-corrected chi connectivity index (χ1v) is 28.7. The van der Waals surface area contributed by atoms with Crippen molar-refractivity contribution in [2.24, 2.45) is 0 Å². The van der Waals surface area contributed by atoms with Gasteiger partial charge in [-0.15, -0.1) is 0 Å². The number of allylic oxidation sites excluding steroid dienone is 22. The van der Waals surface area contributed by atoms with Gasteiger partial charge < -0.3 is 14.2 Å². The zero-order valence-electron chi connectivity index (χ0n) is 45.7. The quantitative estimate of drug-likeness (QED) is 0.0262. The van der Waals surface area contributed by atoms with Crippen molar-refractivity contribution in [3.8, 4) is 0 Å². The van der Waals surface area contributed by atoms with E-state index in [1.165, 1.54) is 44.9 Å². The molecular formula is C65H104O6. The molecule has 0 spiro atoms. The van der Waals surface area contributed by atoms with Gasteiger partial charge in [-0.1, -0.05) is 225 Å². The van der Waals surface area contributed by atoms with Gasteiger partial charge in [0.15, 0.2) is 6.10 Å². The average Bonchev–Trinajstić information content (AvgIpc) is 3.37. The molecule has 400 valence electrons. The number of esters is 3. The fraction of sp³-hybridized carbons (Fsp3) is 0.615. The van der Waals surface area contributed by atoms with Crippen molar-refractivity contribution in [3.05, 3.63) is 134 Å². The molecule has 71 heavy (non-hydrogen) atoms. The lowest BCUT2D eigenvalue weighted by molar-refractivity contribution is -0.167. The molecule has 0 radical (unpaired) electrons. The van der Waals surface area contributed by atoms with Crippen molar-refractivity contribution in [2.45, 2.75) is 245 Å². The molecule has 0 fully saturated rings. The van der Waals surface area contributed by atoms with E-state index < -0.39 is 6.10 Å².